The lowest BCUT2D eigenvalue weighted by molar-refractivity contribution is -0.116. The standard InChI is InChI=1S/C19H27FN4O2S/c1-5-7-10-22-18(21-4)14-8-9-17(16(20)11-14)24-19(26)23-13(3)27-12-15(25)6-2/h8-11,18,21H,5-7,12H2,1-4H3,(H,24,26). The van der Waals surface area contributed by atoms with Gasteiger partial charge in [-0.15, -0.1) is 11.8 Å². The van der Waals surface area contributed by atoms with Gasteiger partial charge in [0, 0.05) is 12.6 Å². The molecule has 0 bridgehead atoms. The fourth-order valence-corrected chi connectivity index (χ4v) is 2.77. The first-order valence-corrected chi connectivity index (χ1v) is 9.88. The summed E-state index contributed by atoms with van der Waals surface area (Å²) in [5.41, 5.74) is 0.705. The van der Waals surface area contributed by atoms with Crippen molar-refractivity contribution in [3.05, 3.63) is 29.6 Å². The van der Waals surface area contributed by atoms with Crippen molar-refractivity contribution >= 4 is 40.5 Å². The molecule has 27 heavy (non-hydrogen) atoms. The number of Topliss-reactive ketones (excluding diaryl/α,β-unsaturated/α-hetero) is 1. The maximum Gasteiger partial charge on any atom is 0.346 e. The molecule has 0 heterocycles. The fourth-order valence-electron chi connectivity index (χ4n) is 2.04. The number of nitrogens with zero attached hydrogens (tertiary/aromatic N) is 2. The Morgan fingerprint density at radius 2 is 2.07 bits per heavy atom. The number of anilines is 1. The van der Waals surface area contributed by atoms with E-state index in [1.165, 1.54) is 23.9 Å². The van der Waals surface area contributed by atoms with Crippen LogP contribution in [-0.2, 0) is 4.79 Å². The van der Waals surface area contributed by atoms with Crippen molar-refractivity contribution in [3.8, 4) is 0 Å². The normalized spacial score (nSPS) is 13.0. The molecule has 1 aromatic rings. The lowest BCUT2D eigenvalue weighted by Gasteiger charge is -2.13. The summed E-state index contributed by atoms with van der Waals surface area (Å²) in [4.78, 5) is 31.4. The number of hydrogen-bond acceptors (Lipinski definition) is 5. The minimum atomic E-state index is -0.679. The van der Waals surface area contributed by atoms with Gasteiger partial charge in [0.1, 0.15) is 17.8 Å². The van der Waals surface area contributed by atoms with Gasteiger partial charge >= 0.3 is 6.03 Å². The molecule has 2 amide bonds. The largest absolute Gasteiger partial charge is 0.346 e. The average molecular weight is 395 g/mol. The van der Waals surface area contributed by atoms with Crippen LogP contribution in [0.2, 0.25) is 0 Å². The molecule has 0 aliphatic carbocycles. The second-order valence-corrected chi connectivity index (χ2v) is 6.96. The summed E-state index contributed by atoms with van der Waals surface area (Å²) in [6.07, 6.45) is 3.76. The summed E-state index contributed by atoms with van der Waals surface area (Å²) in [5.74, 6) is -0.211. The van der Waals surface area contributed by atoms with Gasteiger partial charge in [0.2, 0.25) is 0 Å². The number of carbonyl (C=O) groups excluding carboxylic acids is 2. The molecule has 0 aliphatic rings. The first kappa shape index (κ1) is 23.0. The van der Waals surface area contributed by atoms with Crippen LogP contribution >= 0.6 is 11.8 Å². The number of hydrogen-bond donors (Lipinski definition) is 2. The number of rotatable bonds is 9. The SMILES string of the molecule is CCCC=NC(NC)c1ccc(NC(=O)N=C(C)SCC(=O)CC)c(F)c1. The average Bonchev–Trinajstić information content (AvgIpc) is 2.65. The van der Waals surface area contributed by atoms with Gasteiger partial charge in [-0.2, -0.15) is 4.99 Å². The molecule has 1 aromatic carbocycles. The molecule has 6 nitrogen and oxygen atoms in total. The summed E-state index contributed by atoms with van der Waals surface area (Å²) < 4.78 is 14.3. The second kappa shape index (κ2) is 12.3. The topological polar surface area (TPSA) is 82.9 Å². The molecule has 0 spiro atoms. The van der Waals surface area contributed by atoms with Crippen molar-refractivity contribution in [3.63, 3.8) is 0 Å². The van der Waals surface area contributed by atoms with Crippen LogP contribution in [0.25, 0.3) is 0 Å². The number of ketones is 1. The molecule has 0 saturated heterocycles. The van der Waals surface area contributed by atoms with Gasteiger partial charge in [-0.3, -0.25) is 15.1 Å². The Morgan fingerprint density at radius 1 is 1.33 bits per heavy atom. The lowest BCUT2D eigenvalue weighted by atomic mass is 10.1. The van der Waals surface area contributed by atoms with Gasteiger partial charge in [0.05, 0.1) is 16.5 Å². The predicted octanol–water partition coefficient (Wildman–Crippen LogP) is 4.58. The Bertz CT molecular complexity index is 707. The number of amides is 2. The van der Waals surface area contributed by atoms with E-state index in [4.69, 9.17) is 0 Å². The van der Waals surface area contributed by atoms with Gasteiger partial charge in [-0.25, -0.2) is 9.18 Å². The Hall–Kier alpha value is -2.06. The minimum Gasteiger partial charge on any atom is -0.303 e. The molecule has 1 unspecified atom stereocenters. The molecular formula is C19H27FN4O2S. The number of nitrogens with one attached hydrogen (secondary N) is 2. The van der Waals surface area contributed by atoms with E-state index in [1.807, 2.05) is 6.21 Å². The van der Waals surface area contributed by atoms with Crippen LogP contribution in [0.5, 0.6) is 0 Å². The third-order valence-electron chi connectivity index (χ3n) is 3.59. The minimum absolute atomic E-state index is 0.0438. The zero-order chi connectivity index (χ0) is 20.2. The van der Waals surface area contributed by atoms with Crippen molar-refractivity contribution in [1.82, 2.24) is 5.32 Å². The first-order valence-electron chi connectivity index (χ1n) is 8.90. The molecule has 1 atom stereocenters. The monoisotopic (exact) mass is 394 g/mol. The van der Waals surface area contributed by atoms with E-state index in [2.05, 4.69) is 27.5 Å². The summed E-state index contributed by atoms with van der Waals surface area (Å²) in [7, 11) is 1.75. The highest BCUT2D eigenvalue weighted by Gasteiger charge is 2.12. The van der Waals surface area contributed by atoms with E-state index in [0.29, 0.717) is 17.0 Å². The summed E-state index contributed by atoms with van der Waals surface area (Å²) in [5, 5.41) is 5.89. The molecule has 1 rings (SSSR count). The lowest BCUT2D eigenvalue weighted by Crippen LogP contribution is -2.15. The Balaban J connectivity index is 2.76. The van der Waals surface area contributed by atoms with Gasteiger partial charge in [0.25, 0.3) is 0 Å². The molecule has 0 fully saturated rings. The summed E-state index contributed by atoms with van der Waals surface area (Å²) in [6.45, 7) is 5.47. The second-order valence-electron chi connectivity index (χ2n) is 5.79. The van der Waals surface area contributed by atoms with Crippen molar-refractivity contribution in [1.29, 1.82) is 0 Å². The highest BCUT2D eigenvalue weighted by molar-refractivity contribution is 8.14. The molecule has 0 radical (unpaired) electrons. The molecule has 2 N–H and O–H groups in total. The number of halogens is 1. The number of benzene rings is 1. The van der Waals surface area contributed by atoms with E-state index in [0.717, 1.165) is 12.8 Å². The number of urea groups is 1. The smallest absolute Gasteiger partial charge is 0.303 e. The van der Waals surface area contributed by atoms with Crippen molar-refractivity contribution in [2.24, 2.45) is 9.98 Å². The molecule has 148 valence electrons. The van der Waals surface area contributed by atoms with Crippen LogP contribution in [0.3, 0.4) is 0 Å². The number of unbranched alkanes of at least 4 members (excludes halogenated alkanes) is 1. The molecule has 8 heteroatoms. The van der Waals surface area contributed by atoms with E-state index in [9.17, 15) is 14.0 Å². The van der Waals surface area contributed by atoms with Crippen LogP contribution < -0.4 is 10.6 Å². The summed E-state index contributed by atoms with van der Waals surface area (Å²) >= 11 is 1.19. The van der Waals surface area contributed by atoms with Crippen LogP contribution in [0.4, 0.5) is 14.9 Å². The molecule has 0 saturated carbocycles. The van der Waals surface area contributed by atoms with Crippen LogP contribution in [0.1, 0.15) is 51.8 Å². The Morgan fingerprint density at radius 3 is 2.67 bits per heavy atom. The van der Waals surface area contributed by atoms with Gasteiger partial charge in [0.15, 0.2) is 0 Å². The van der Waals surface area contributed by atoms with Gasteiger partial charge < -0.3 is 5.32 Å². The maximum absolute atomic E-state index is 14.3. The van der Waals surface area contributed by atoms with E-state index < -0.39 is 11.8 Å². The molecule has 0 aliphatic heterocycles. The quantitative estimate of drug-likeness (QED) is 0.474. The molecule has 0 aromatic heterocycles. The summed E-state index contributed by atoms with van der Waals surface area (Å²) in [6, 6.07) is 3.85. The first-order chi connectivity index (χ1) is 12.9. The predicted molar refractivity (Wildman–Crippen MR) is 111 cm³/mol. The maximum atomic E-state index is 14.3. The van der Waals surface area contributed by atoms with Crippen LogP contribution in [0.15, 0.2) is 28.2 Å². The van der Waals surface area contributed by atoms with Gasteiger partial charge in [-0.05, 0) is 38.1 Å². The van der Waals surface area contributed by atoms with E-state index in [-0.39, 0.29) is 23.4 Å². The number of carbonyl (C=O) groups is 2. The van der Waals surface area contributed by atoms with E-state index >= 15 is 0 Å². The van der Waals surface area contributed by atoms with Crippen LogP contribution in [-0.4, -0.2) is 35.9 Å². The molecular weight excluding hydrogens is 367 g/mol. The zero-order valence-corrected chi connectivity index (χ0v) is 17.0. The highest BCUT2D eigenvalue weighted by Crippen LogP contribution is 2.21. The van der Waals surface area contributed by atoms with E-state index in [1.54, 1.807) is 27.0 Å². The third kappa shape index (κ3) is 8.45. The van der Waals surface area contributed by atoms with Crippen molar-refractivity contribution < 1.29 is 14.0 Å². The highest BCUT2D eigenvalue weighted by atomic mass is 32.2. The van der Waals surface area contributed by atoms with Crippen molar-refractivity contribution in [2.75, 3.05) is 18.1 Å². The number of thioether (sulfide) groups is 1. The number of aliphatic imine (C=N–C) groups is 2. The third-order valence-corrected chi connectivity index (χ3v) is 4.57. The van der Waals surface area contributed by atoms with Crippen molar-refractivity contribution in [2.45, 2.75) is 46.2 Å². The van der Waals surface area contributed by atoms with Crippen LogP contribution in [0, 0.1) is 5.82 Å². The van der Waals surface area contributed by atoms with Gasteiger partial charge in [-0.1, -0.05) is 26.3 Å². The Kier molecular flexibility index (Phi) is 10.5. The zero-order valence-electron chi connectivity index (χ0n) is 16.2. The Labute approximate surface area is 164 Å². The fraction of sp³-hybridized carbons (Fsp3) is 0.474.